The normalized spacial score (nSPS) is 13.2. The Kier molecular flexibility index (Phi) is 7.91. The van der Waals surface area contributed by atoms with E-state index in [1.54, 1.807) is 21.1 Å². The first-order valence-corrected chi connectivity index (χ1v) is 8.67. The summed E-state index contributed by atoms with van der Waals surface area (Å²) in [4.78, 5) is 0. The van der Waals surface area contributed by atoms with Gasteiger partial charge in [0, 0.05) is 7.11 Å². The van der Waals surface area contributed by atoms with Gasteiger partial charge in [0.2, 0.25) is 0 Å². The fraction of sp³-hybridized carbons (Fsp3) is 0.429. The molecule has 2 aromatic rings. The molecule has 1 atom stereocenters. The summed E-state index contributed by atoms with van der Waals surface area (Å²) >= 11 is 0. The molecule has 0 amide bonds. The highest BCUT2D eigenvalue weighted by Gasteiger charge is 2.21. The van der Waals surface area contributed by atoms with Crippen molar-refractivity contribution in [1.29, 1.82) is 0 Å². The fourth-order valence-electron chi connectivity index (χ4n) is 2.58. The number of methoxy groups -OCH3 is 2. The van der Waals surface area contributed by atoms with Crippen LogP contribution < -0.4 is 9.47 Å². The lowest BCUT2D eigenvalue weighted by atomic mass is 9.97. The molecule has 0 saturated heterocycles. The average Bonchev–Trinajstić information content (AvgIpc) is 2.65. The molecule has 0 bridgehead atoms. The minimum atomic E-state index is -0.934. The predicted octanol–water partition coefficient (Wildman–Crippen LogP) is 3.58. The molecule has 2 aromatic carbocycles. The van der Waals surface area contributed by atoms with Gasteiger partial charge in [-0.3, -0.25) is 0 Å². The number of aliphatic hydroxyl groups is 1. The van der Waals surface area contributed by atoms with Crippen LogP contribution >= 0.6 is 0 Å². The minimum Gasteiger partial charge on any atom is -0.497 e. The van der Waals surface area contributed by atoms with E-state index in [1.807, 2.05) is 48.5 Å². The third-order valence-electron chi connectivity index (χ3n) is 4.06. The quantitative estimate of drug-likeness (QED) is 0.621. The number of aryl methyl sites for hydroxylation is 1. The van der Waals surface area contributed by atoms with Gasteiger partial charge < -0.3 is 24.1 Å². The molecule has 0 radical (unpaired) electrons. The molecule has 26 heavy (non-hydrogen) atoms. The maximum Gasteiger partial charge on any atom is 0.188 e. The van der Waals surface area contributed by atoms with E-state index >= 15 is 0 Å². The second kappa shape index (κ2) is 10.2. The van der Waals surface area contributed by atoms with Gasteiger partial charge in [0.05, 0.1) is 25.9 Å². The third kappa shape index (κ3) is 6.67. The Balaban J connectivity index is 1.90. The second-order valence-electron chi connectivity index (χ2n) is 6.50. The van der Waals surface area contributed by atoms with Crippen molar-refractivity contribution in [2.75, 3.05) is 27.6 Å². The van der Waals surface area contributed by atoms with Gasteiger partial charge in [-0.05, 0) is 49.1 Å². The van der Waals surface area contributed by atoms with Crippen molar-refractivity contribution in [3.8, 4) is 11.5 Å². The largest absolute Gasteiger partial charge is 0.497 e. The van der Waals surface area contributed by atoms with Crippen LogP contribution in [0.4, 0.5) is 0 Å². The topological polar surface area (TPSA) is 57.2 Å². The molecule has 0 aliphatic carbocycles. The lowest BCUT2D eigenvalue weighted by molar-refractivity contribution is -0.0441. The SMILES string of the molecule is COCOc1ccc(OC)cc1CC[C@@](C)(O)COCc1ccccc1. The molecule has 0 heterocycles. The van der Waals surface area contributed by atoms with Crippen LogP contribution in [-0.4, -0.2) is 38.3 Å². The summed E-state index contributed by atoms with van der Waals surface area (Å²) in [6.45, 7) is 2.71. The first kappa shape index (κ1) is 20.2. The smallest absolute Gasteiger partial charge is 0.188 e. The van der Waals surface area contributed by atoms with E-state index in [0.717, 1.165) is 22.6 Å². The Morgan fingerprint density at radius 1 is 1.04 bits per heavy atom. The molecule has 0 saturated carbocycles. The van der Waals surface area contributed by atoms with Gasteiger partial charge >= 0.3 is 0 Å². The zero-order valence-electron chi connectivity index (χ0n) is 15.7. The molecule has 0 aliphatic heterocycles. The fourth-order valence-corrected chi connectivity index (χ4v) is 2.58. The van der Waals surface area contributed by atoms with Gasteiger partial charge in [0.15, 0.2) is 6.79 Å². The molecular weight excluding hydrogens is 332 g/mol. The molecule has 0 spiro atoms. The zero-order valence-corrected chi connectivity index (χ0v) is 15.7. The van der Waals surface area contributed by atoms with Gasteiger partial charge in [-0.15, -0.1) is 0 Å². The maximum absolute atomic E-state index is 10.6. The number of hydrogen-bond acceptors (Lipinski definition) is 5. The number of benzene rings is 2. The Morgan fingerprint density at radius 2 is 1.81 bits per heavy atom. The summed E-state index contributed by atoms with van der Waals surface area (Å²) in [5.41, 5.74) is 1.12. The second-order valence-corrected chi connectivity index (χ2v) is 6.50. The van der Waals surface area contributed by atoms with E-state index in [-0.39, 0.29) is 13.4 Å². The lowest BCUT2D eigenvalue weighted by Gasteiger charge is -2.24. The molecule has 0 aliphatic rings. The van der Waals surface area contributed by atoms with Crippen LogP contribution in [0, 0.1) is 0 Å². The molecule has 5 nitrogen and oxygen atoms in total. The zero-order chi connectivity index (χ0) is 18.8. The molecule has 0 fully saturated rings. The average molecular weight is 360 g/mol. The summed E-state index contributed by atoms with van der Waals surface area (Å²) in [5, 5.41) is 10.6. The van der Waals surface area contributed by atoms with E-state index in [9.17, 15) is 5.11 Å². The van der Waals surface area contributed by atoms with Crippen molar-refractivity contribution >= 4 is 0 Å². The number of ether oxygens (including phenoxy) is 4. The minimum absolute atomic E-state index is 0.176. The van der Waals surface area contributed by atoms with Crippen molar-refractivity contribution in [2.45, 2.75) is 32.0 Å². The monoisotopic (exact) mass is 360 g/mol. The molecular formula is C21H28O5. The van der Waals surface area contributed by atoms with Gasteiger partial charge in [0.1, 0.15) is 11.5 Å². The molecule has 0 aromatic heterocycles. The molecule has 5 heteroatoms. The highest BCUT2D eigenvalue weighted by atomic mass is 16.7. The summed E-state index contributed by atoms with van der Waals surface area (Å²) < 4.78 is 21.5. The van der Waals surface area contributed by atoms with Crippen LogP contribution in [0.1, 0.15) is 24.5 Å². The van der Waals surface area contributed by atoms with Crippen LogP contribution in [0.3, 0.4) is 0 Å². The summed E-state index contributed by atoms with van der Waals surface area (Å²) in [5.74, 6) is 1.48. The summed E-state index contributed by atoms with van der Waals surface area (Å²) in [6.07, 6.45) is 1.18. The van der Waals surface area contributed by atoms with Crippen molar-refractivity contribution in [2.24, 2.45) is 0 Å². The van der Waals surface area contributed by atoms with E-state index in [4.69, 9.17) is 18.9 Å². The van der Waals surface area contributed by atoms with Crippen molar-refractivity contribution in [3.05, 3.63) is 59.7 Å². The lowest BCUT2D eigenvalue weighted by Crippen LogP contribution is -2.31. The number of hydrogen-bond donors (Lipinski definition) is 1. The highest BCUT2D eigenvalue weighted by molar-refractivity contribution is 5.40. The van der Waals surface area contributed by atoms with Crippen LogP contribution in [0.2, 0.25) is 0 Å². The molecule has 1 N–H and O–H groups in total. The Morgan fingerprint density at radius 3 is 2.50 bits per heavy atom. The number of rotatable bonds is 11. The maximum atomic E-state index is 10.6. The van der Waals surface area contributed by atoms with Gasteiger partial charge in [0.25, 0.3) is 0 Å². The van der Waals surface area contributed by atoms with E-state index < -0.39 is 5.60 Å². The van der Waals surface area contributed by atoms with Gasteiger partial charge in [-0.1, -0.05) is 30.3 Å². The van der Waals surface area contributed by atoms with E-state index in [2.05, 4.69) is 0 Å². The summed E-state index contributed by atoms with van der Waals surface area (Å²) in [6, 6.07) is 15.5. The first-order valence-electron chi connectivity index (χ1n) is 8.67. The molecule has 0 unspecified atom stereocenters. The Hall–Kier alpha value is -2.08. The Labute approximate surface area is 155 Å². The van der Waals surface area contributed by atoms with E-state index in [0.29, 0.717) is 19.4 Å². The summed E-state index contributed by atoms with van der Waals surface area (Å²) in [7, 11) is 3.21. The Bertz CT molecular complexity index is 655. The predicted molar refractivity (Wildman–Crippen MR) is 101 cm³/mol. The third-order valence-corrected chi connectivity index (χ3v) is 4.06. The van der Waals surface area contributed by atoms with Gasteiger partial charge in [-0.25, -0.2) is 0 Å². The first-order chi connectivity index (χ1) is 12.5. The van der Waals surface area contributed by atoms with Crippen LogP contribution in [0.15, 0.2) is 48.5 Å². The van der Waals surface area contributed by atoms with E-state index in [1.165, 1.54) is 0 Å². The van der Waals surface area contributed by atoms with Crippen LogP contribution in [-0.2, 0) is 22.5 Å². The van der Waals surface area contributed by atoms with Crippen molar-refractivity contribution < 1.29 is 24.1 Å². The van der Waals surface area contributed by atoms with Crippen molar-refractivity contribution in [3.63, 3.8) is 0 Å². The highest BCUT2D eigenvalue weighted by Crippen LogP contribution is 2.27. The molecule has 142 valence electrons. The van der Waals surface area contributed by atoms with Crippen molar-refractivity contribution in [1.82, 2.24) is 0 Å². The van der Waals surface area contributed by atoms with Gasteiger partial charge in [-0.2, -0.15) is 0 Å². The van der Waals surface area contributed by atoms with Crippen LogP contribution in [0.5, 0.6) is 11.5 Å². The standard InChI is InChI=1S/C21H28O5/c1-21(22,15-25-14-17-7-5-4-6-8-17)12-11-18-13-19(24-3)9-10-20(18)26-16-23-2/h4-10,13,22H,11-12,14-16H2,1-3H3/t21-/m1/s1. The molecule has 2 rings (SSSR count). The van der Waals surface area contributed by atoms with Crippen LogP contribution in [0.25, 0.3) is 0 Å².